The molecule has 2 nitrogen and oxygen atoms in total. The van der Waals surface area contributed by atoms with Gasteiger partial charge in [0.15, 0.2) is 0 Å². The van der Waals surface area contributed by atoms with E-state index in [1.54, 1.807) is 36.5 Å². The number of nitrogens with one attached hydrogen (secondary N) is 1. The number of halogens is 5. The Hall–Kier alpha value is -0.640. The van der Waals surface area contributed by atoms with Gasteiger partial charge in [0.25, 0.3) is 0 Å². The lowest BCUT2D eigenvalue weighted by molar-refractivity contribution is 1.35. The molecule has 0 saturated carbocycles. The predicted molar refractivity (Wildman–Crippen MR) is 89.2 cm³/mol. The van der Waals surface area contributed by atoms with Crippen LogP contribution in [0.2, 0.25) is 25.1 Å². The Kier molecular flexibility index (Phi) is 5.42. The van der Waals surface area contributed by atoms with Crippen LogP contribution in [0.5, 0.6) is 0 Å². The van der Waals surface area contributed by atoms with E-state index in [1.807, 2.05) is 0 Å². The van der Waals surface area contributed by atoms with Gasteiger partial charge in [0.1, 0.15) is 0 Å². The van der Waals surface area contributed by atoms with Crippen molar-refractivity contribution in [2.24, 2.45) is 5.10 Å². The Labute approximate surface area is 141 Å². The fourth-order valence-electron chi connectivity index (χ4n) is 1.41. The second kappa shape index (κ2) is 6.88. The second-order valence-corrected chi connectivity index (χ2v) is 5.85. The van der Waals surface area contributed by atoms with E-state index in [-0.39, 0.29) is 0 Å². The molecule has 0 spiro atoms. The SMILES string of the molecule is Clc1cc(Cl)c(N/N=C/c2ccc(Cl)c(Cl)c2)c(Cl)c1. The van der Waals surface area contributed by atoms with Gasteiger partial charge in [-0.05, 0) is 29.8 Å². The van der Waals surface area contributed by atoms with E-state index < -0.39 is 0 Å². The Morgan fingerprint density at radius 3 is 2.05 bits per heavy atom. The fraction of sp³-hybridized carbons (Fsp3) is 0. The third-order valence-electron chi connectivity index (χ3n) is 2.34. The number of nitrogens with zero attached hydrogens (tertiary/aromatic N) is 1. The number of hydrazone groups is 1. The van der Waals surface area contributed by atoms with Crippen molar-refractivity contribution in [2.75, 3.05) is 5.43 Å². The van der Waals surface area contributed by atoms with Gasteiger partial charge in [-0.1, -0.05) is 64.1 Å². The van der Waals surface area contributed by atoms with Crippen LogP contribution in [0.15, 0.2) is 35.4 Å². The van der Waals surface area contributed by atoms with E-state index in [0.29, 0.717) is 30.8 Å². The molecule has 1 N–H and O–H groups in total. The summed E-state index contributed by atoms with van der Waals surface area (Å²) in [5, 5.41) is 6.21. The molecule has 0 aliphatic carbocycles. The van der Waals surface area contributed by atoms with Gasteiger partial charge in [-0.25, -0.2) is 0 Å². The maximum absolute atomic E-state index is 6.02. The molecule has 0 atom stereocenters. The first-order chi connectivity index (χ1) is 9.47. The van der Waals surface area contributed by atoms with Crippen LogP contribution in [0.4, 0.5) is 5.69 Å². The Morgan fingerprint density at radius 2 is 1.45 bits per heavy atom. The van der Waals surface area contributed by atoms with Gasteiger partial charge in [-0.3, -0.25) is 5.43 Å². The summed E-state index contributed by atoms with van der Waals surface area (Å²) >= 11 is 29.6. The number of hydrogen-bond acceptors (Lipinski definition) is 2. The van der Waals surface area contributed by atoms with Crippen LogP contribution in [0.3, 0.4) is 0 Å². The lowest BCUT2D eigenvalue weighted by Crippen LogP contribution is -1.93. The van der Waals surface area contributed by atoms with Gasteiger partial charge >= 0.3 is 0 Å². The number of rotatable bonds is 3. The first-order valence-corrected chi connectivity index (χ1v) is 7.25. The quantitative estimate of drug-likeness (QED) is 0.492. The zero-order valence-corrected chi connectivity index (χ0v) is 13.6. The molecule has 104 valence electrons. The van der Waals surface area contributed by atoms with Crippen LogP contribution in [-0.4, -0.2) is 6.21 Å². The van der Waals surface area contributed by atoms with Crippen LogP contribution in [0, 0.1) is 0 Å². The van der Waals surface area contributed by atoms with Crippen molar-refractivity contribution in [3.8, 4) is 0 Å². The van der Waals surface area contributed by atoms with Crippen molar-refractivity contribution >= 4 is 69.9 Å². The molecule has 0 saturated heterocycles. The highest BCUT2D eigenvalue weighted by molar-refractivity contribution is 6.42. The second-order valence-electron chi connectivity index (χ2n) is 3.79. The lowest BCUT2D eigenvalue weighted by atomic mass is 10.2. The van der Waals surface area contributed by atoms with Crippen molar-refractivity contribution < 1.29 is 0 Å². The van der Waals surface area contributed by atoms with E-state index in [1.165, 1.54) is 0 Å². The Bertz CT molecular complexity index is 647. The van der Waals surface area contributed by atoms with Crippen molar-refractivity contribution in [1.82, 2.24) is 0 Å². The zero-order valence-electron chi connectivity index (χ0n) is 9.80. The fourth-order valence-corrected chi connectivity index (χ4v) is 2.62. The topological polar surface area (TPSA) is 24.4 Å². The largest absolute Gasteiger partial charge is 0.275 e. The maximum atomic E-state index is 6.02. The molecule has 2 aromatic rings. The van der Waals surface area contributed by atoms with Crippen LogP contribution < -0.4 is 5.43 Å². The summed E-state index contributed by atoms with van der Waals surface area (Å²) in [7, 11) is 0. The molecule has 2 aromatic carbocycles. The standard InChI is InChI=1S/C13H7Cl5N2/c14-8-4-11(17)13(12(18)5-8)20-19-6-7-1-2-9(15)10(16)3-7/h1-6,20H/b19-6+. The maximum Gasteiger partial charge on any atom is 0.0935 e. The van der Waals surface area contributed by atoms with Gasteiger partial charge in [0, 0.05) is 5.02 Å². The Balaban J connectivity index is 2.16. The molecule has 0 amide bonds. The summed E-state index contributed by atoms with van der Waals surface area (Å²) in [6, 6.07) is 8.32. The van der Waals surface area contributed by atoms with Crippen molar-refractivity contribution in [3.63, 3.8) is 0 Å². The smallest absolute Gasteiger partial charge is 0.0935 e. The molecule has 2 rings (SSSR count). The van der Waals surface area contributed by atoms with Gasteiger partial charge in [-0.2, -0.15) is 5.10 Å². The minimum absolute atomic E-state index is 0.383. The van der Waals surface area contributed by atoms with Crippen molar-refractivity contribution in [3.05, 3.63) is 61.0 Å². The summed E-state index contributed by atoms with van der Waals surface area (Å²) in [6.45, 7) is 0. The summed E-state index contributed by atoms with van der Waals surface area (Å²) < 4.78 is 0. The van der Waals surface area contributed by atoms with E-state index in [4.69, 9.17) is 58.0 Å². The molecule has 0 bridgehead atoms. The molecule has 0 aromatic heterocycles. The number of anilines is 1. The first kappa shape index (κ1) is 15.7. The predicted octanol–water partition coefficient (Wildman–Crippen LogP) is 6.40. The molecule has 7 heteroatoms. The highest BCUT2D eigenvalue weighted by Gasteiger charge is 2.06. The molecule has 0 unspecified atom stereocenters. The summed E-state index contributed by atoms with van der Waals surface area (Å²) in [5.41, 5.74) is 4.03. The summed E-state index contributed by atoms with van der Waals surface area (Å²) in [5.74, 6) is 0. The van der Waals surface area contributed by atoms with Crippen molar-refractivity contribution in [2.45, 2.75) is 0 Å². The normalized spacial score (nSPS) is 11.1. The molecular weight excluding hydrogens is 361 g/mol. The average Bonchev–Trinajstić information content (AvgIpc) is 2.36. The Morgan fingerprint density at radius 1 is 0.800 bits per heavy atom. The van der Waals surface area contributed by atoms with Crippen LogP contribution in [0.25, 0.3) is 0 Å². The highest BCUT2D eigenvalue weighted by Crippen LogP contribution is 2.33. The summed E-state index contributed by atoms with van der Waals surface area (Å²) in [4.78, 5) is 0. The molecule has 0 heterocycles. The number of hydrogen-bond donors (Lipinski definition) is 1. The van der Waals surface area contributed by atoms with Crippen LogP contribution in [-0.2, 0) is 0 Å². The van der Waals surface area contributed by atoms with Crippen LogP contribution in [0.1, 0.15) is 5.56 Å². The summed E-state index contributed by atoms with van der Waals surface area (Å²) in [6.07, 6.45) is 1.57. The lowest BCUT2D eigenvalue weighted by Gasteiger charge is -2.06. The zero-order chi connectivity index (χ0) is 14.7. The van der Waals surface area contributed by atoms with E-state index in [0.717, 1.165) is 5.56 Å². The molecule has 0 fully saturated rings. The number of benzene rings is 2. The monoisotopic (exact) mass is 366 g/mol. The van der Waals surface area contributed by atoms with Gasteiger partial charge in [-0.15, -0.1) is 0 Å². The van der Waals surface area contributed by atoms with Gasteiger partial charge < -0.3 is 0 Å². The molecule has 20 heavy (non-hydrogen) atoms. The van der Waals surface area contributed by atoms with Gasteiger partial charge in [0.05, 0.1) is 32.0 Å². The first-order valence-electron chi connectivity index (χ1n) is 5.36. The third kappa shape index (κ3) is 3.94. The molecule has 0 radical (unpaired) electrons. The van der Waals surface area contributed by atoms with E-state index in [2.05, 4.69) is 10.5 Å². The van der Waals surface area contributed by atoms with Crippen molar-refractivity contribution in [1.29, 1.82) is 0 Å². The van der Waals surface area contributed by atoms with Crippen LogP contribution >= 0.6 is 58.0 Å². The molecular formula is C13H7Cl5N2. The molecule has 0 aliphatic rings. The van der Waals surface area contributed by atoms with Gasteiger partial charge in [0.2, 0.25) is 0 Å². The van der Waals surface area contributed by atoms with E-state index >= 15 is 0 Å². The minimum atomic E-state index is 0.383. The molecule has 0 aliphatic heterocycles. The minimum Gasteiger partial charge on any atom is -0.275 e. The third-order valence-corrected chi connectivity index (χ3v) is 3.89. The average molecular weight is 368 g/mol. The highest BCUT2D eigenvalue weighted by atomic mass is 35.5. The van der Waals surface area contributed by atoms with E-state index in [9.17, 15) is 0 Å².